The smallest absolute Gasteiger partial charge is 0.256 e. The first-order valence-electron chi connectivity index (χ1n) is 9.25. The number of carbonyl (C=O) groups excluding carboxylic acids is 3. The number of nitrogens with zero attached hydrogens (tertiary/aromatic N) is 3. The van der Waals surface area contributed by atoms with Gasteiger partial charge in [-0.3, -0.25) is 14.4 Å². The molecule has 0 spiro atoms. The van der Waals surface area contributed by atoms with Gasteiger partial charge in [0.15, 0.2) is 0 Å². The van der Waals surface area contributed by atoms with Crippen LogP contribution in [0, 0.1) is 11.7 Å². The molecule has 144 valence electrons. The van der Waals surface area contributed by atoms with E-state index in [1.54, 1.807) is 26.8 Å². The first kappa shape index (κ1) is 19.1. The van der Waals surface area contributed by atoms with E-state index in [0.29, 0.717) is 52.1 Å². The van der Waals surface area contributed by atoms with Crippen molar-refractivity contribution >= 4 is 17.7 Å². The second kappa shape index (κ2) is 8.33. The van der Waals surface area contributed by atoms with Gasteiger partial charge < -0.3 is 14.7 Å². The second-order valence-corrected chi connectivity index (χ2v) is 6.90. The fourth-order valence-corrected chi connectivity index (χ4v) is 3.67. The van der Waals surface area contributed by atoms with E-state index in [1.807, 2.05) is 0 Å². The molecule has 0 bridgehead atoms. The fraction of sp³-hybridized carbons (Fsp3) is 0.450. The zero-order chi connectivity index (χ0) is 19.4. The van der Waals surface area contributed by atoms with Crippen molar-refractivity contribution in [1.29, 1.82) is 0 Å². The number of hydrogen-bond acceptors (Lipinski definition) is 3. The van der Waals surface area contributed by atoms with Gasteiger partial charge in [-0.15, -0.1) is 0 Å². The molecule has 27 heavy (non-hydrogen) atoms. The Balaban J connectivity index is 1.51. The van der Waals surface area contributed by atoms with Gasteiger partial charge >= 0.3 is 0 Å². The molecule has 2 aliphatic rings. The van der Waals surface area contributed by atoms with E-state index in [2.05, 4.69) is 6.58 Å². The second-order valence-electron chi connectivity index (χ2n) is 6.90. The van der Waals surface area contributed by atoms with Gasteiger partial charge in [0, 0.05) is 45.2 Å². The van der Waals surface area contributed by atoms with Crippen LogP contribution in [0.5, 0.6) is 0 Å². The summed E-state index contributed by atoms with van der Waals surface area (Å²) in [7, 11) is 0. The van der Waals surface area contributed by atoms with E-state index in [1.165, 1.54) is 18.2 Å². The summed E-state index contributed by atoms with van der Waals surface area (Å²) in [5.41, 5.74) is 0.0662. The molecule has 6 nitrogen and oxygen atoms in total. The maximum absolute atomic E-state index is 13.8. The average Bonchev–Trinajstić information content (AvgIpc) is 2.73. The van der Waals surface area contributed by atoms with Gasteiger partial charge in [0.25, 0.3) is 5.91 Å². The molecular weight excluding hydrogens is 349 g/mol. The summed E-state index contributed by atoms with van der Waals surface area (Å²) in [6.45, 7) is 6.30. The topological polar surface area (TPSA) is 60.9 Å². The highest BCUT2D eigenvalue weighted by Crippen LogP contribution is 2.21. The van der Waals surface area contributed by atoms with Gasteiger partial charge in [0.05, 0.1) is 5.56 Å². The van der Waals surface area contributed by atoms with E-state index in [-0.39, 0.29) is 29.2 Å². The minimum Gasteiger partial charge on any atom is -0.339 e. The molecule has 1 aromatic carbocycles. The lowest BCUT2D eigenvalue weighted by molar-refractivity contribution is -0.140. The van der Waals surface area contributed by atoms with Gasteiger partial charge in [-0.1, -0.05) is 18.7 Å². The van der Waals surface area contributed by atoms with Crippen LogP contribution in [0.4, 0.5) is 4.39 Å². The largest absolute Gasteiger partial charge is 0.339 e. The monoisotopic (exact) mass is 373 g/mol. The maximum atomic E-state index is 13.8. The van der Waals surface area contributed by atoms with Crippen LogP contribution >= 0.6 is 0 Å². The van der Waals surface area contributed by atoms with E-state index < -0.39 is 5.82 Å². The molecule has 2 fully saturated rings. The van der Waals surface area contributed by atoms with Crippen molar-refractivity contribution in [2.45, 2.75) is 12.8 Å². The molecule has 2 heterocycles. The Morgan fingerprint density at radius 3 is 2.11 bits per heavy atom. The molecule has 0 atom stereocenters. The highest BCUT2D eigenvalue weighted by molar-refractivity contribution is 5.94. The van der Waals surface area contributed by atoms with Gasteiger partial charge in [-0.05, 0) is 31.1 Å². The van der Waals surface area contributed by atoms with Crippen LogP contribution in [0.15, 0.2) is 36.9 Å². The number of benzene rings is 1. The summed E-state index contributed by atoms with van der Waals surface area (Å²) in [6.07, 6.45) is 2.59. The molecule has 3 rings (SSSR count). The van der Waals surface area contributed by atoms with Gasteiger partial charge in [0.1, 0.15) is 5.82 Å². The highest BCUT2D eigenvalue weighted by Gasteiger charge is 2.32. The Morgan fingerprint density at radius 1 is 0.926 bits per heavy atom. The average molecular weight is 373 g/mol. The van der Waals surface area contributed by atoms with Crippen LogP contribution in [0.2, 0.25) is 0 Å². The number of amides is 3. The molecule has 0 aromatic heterocycles. The fourth-order valence-electron chi connectivity index (χ4n) is 3.67. The molecule has 7 heteroatoms. The SMILES string of the molecule is C=CC(=O)N1CCC(C(=O)N2CCN(C(=O)c3ccccc3F)CC2)CC1. The maximum Gasteiger partial charge on any atom is 0.256 e. The lowest BCUT2D eigenvalue weighted by Gasteiger charge is -2.38. The summed E-state index contributed by atoms with van der Waals surface area (Å²) in [5, 5.41) is 0. The Bertz CT molecular complexity index is 736. The summed E-state index contributed by atoms with van der Waals surface area (Å²) in [4.78, 5) is 41.9. The third-order valence-electron chi connectivity index (χ3n) is 5.31. The number of likely N-dealkylation sites (tertiary alicyclic amines) is 1. The molecule has 3 amide bonds. The molecule has 1 aromatic rings. The Labute approximate surface area is 158 Å². The molecular formula is C20H24FN3O3. The predicted molar refractivity (Wildman–Crippen MR) is 98.4 cm³/mol. The Morgan fingerprint density at radius 2 is 1.52 bits per heavy atom. The minimum absolute atomic E-state index is 0.0662. The third-order valence-corrected chi connectivity index (χ3v) is 5.31. The van der Waals surface area contributed by atoms with Crippen molar-refractivity contribution in [1.82, 2.24) is 14.7 Å². The number of piperazine rings is 1. The van der Waals surface area contributed by atoms with E-state index in [9.17, 15) is 18.8 Å². The number of hydrogen-bond donors (Lipinski definition) is 0. The molecule has 0 aliphatic carbocycles. The zero-order valence-corrected chi connectivity index (χ0v) is 15.3. The number of halogens is 1. The lowest BCUT2D eigenvalue weighted by atomic mass is 9.95. The Hall–Kier alpha value is -2.70. The zero-order valence-electron chi connectivity index (χ0n) is 15.3. The summed E-state index contributed by atoms with van der Waals surface area (Å²) >= 11 is 0. The van der Waals surface area contributed by atoms with Crippen molar-refractivity contribution in [2.24, 2.45) is 5.92 Å². The van der Waals surface area contributed by atoms with Crippen LogP contribution in [0.1, 0.15) is 23.2 Å². The van der Waals surface area contributed by atoms with Crippen LogP contribution in [-0.4, -0.2) is 71.7 Å². The Kier molecular flexibility index (Phi) is 5.88. The molecule has 0 N–H and O–H groups in total. The standard InChI is InChI=1S/C20H24FN3O3/c1-2-18(25)22-9-7-15(8-10-22)19(26)23-11-13-24(14-12-23)20(27)16-5-3-4-6-17(16)21/h2-6,15H,1,7-14H2. The lowest BCUT2D eigenvalue weighted by Crippen LogP contribution is -2.53. The summed E-state index contributed by atoms with van der Waals surface area (Å²) in [6, 6.07) is 5.94. The molecule has 2 aliphatic heterocycles. The first-order chi connectivity index (χ1) is 13.0. The van der Waals surface area contributed by atoms with Crippen LogP contribution < -0.4 is 0 Å². The molecule has 0 radical (unpaired) electrons. The first-order valence-corrected chi connectivity index (χ1v) is 9.25. The third kappa shape index (κ3) is 4.18. The van der Waals surface area contributed by atoms with Gasteiger partial charge in [-0.25, -0.2) is 4.39 Å². The van der Waals surface area contributed by atoms with Crippen LogP contribution in [-0.2, 0) is 9.59 Å². The van der Waals surface area contributed by atoms with Gasteiger partial charge in [-0.2, -0.15) is 0 Å². The van der Waals surface area contributed by atoms with Crippen molar-refractivity contribution in [3.05, 3.63) is 48.3 Å². The minimum atomic E-state index is -0.526. The molecule has 2 saturated heterocycles. The van der Waals surface area contributed by atoms with Crippen molar-refractivity contribution < 1.29 is 18.8 Å². The molecule has 0 saturated carbocycles. The predicted octanol–water partition coefficient (Wildman–Crippen LogP) is 1.53. The van der Waals surface area contributed by atoms with E-state index >= 15 is 0 Å². The van der Waals surface area contributed by atoms with Crippen molar-refractivity contribution in [3.8, 4) is 0 Å². The number of piperidine rings is 1. The van der Waals surface area contributed by atoms with Gasteiger partial charge in [0.2, 0.25) is 11.8 Å². The van der Waals surface area contributed by atoms with E-state index in [0.717, 1.165) is 0 Å². The summed E-state index contributed by atoms with van der Waals surface area (Å²) < 4.78 is 13.8. The van der Waals surface area contributed by atoms with Crippen molar-refractivity contribution in [3.63, 3.8) is 0 Å². The number of rotatable bonds is 3. The highest BCUT2D eigenvalue weighted by atomic mass is 19.1. The normalized spacial score (nSPS) is 18.3. The van der Waals surface area contributed by atoms with E-state index in [4.69, 9.17) is 0 Å². The van der Waals surface area contributed by atoms with Crippen LogP contribution in [0.25, 0.3) is 0 Å². The molecule has 0 unspecified atom stereocenters. The van der Waals surface area contributed by atoms with Crippen LogP contribution in [0.3, 0.4) is 0 Å². The summed E-state index contributed by atoms with van der Waals surface area (Å²) in [5.74, 6) is -0.967. The number of carbonyl (C=O) groups is 3. The quantitative estimate of drug-likeness (QED) is 0.755. The van der Waals surface area contributed by atoms with Crippen molar-refractivity contribution in [2.75, 3.05) is 39.3 Å².